The van der Waals surface area contributed by atoms with Crippen LogP contribution in [0.5, 0.6) is 5.75 Å². The highest BCUT2D eigenvalue weighted by molar-refractivity contribution is 5.96. The summed E-state index contributed by atoms with van der Waals surface area (Å²) in [6.45, 7) is 3.09. The Kier molecular flexibility index (Phi) is 6.30. The summed E-state index contributed by atoms with van der Waals surface area (Å²) in [7, 11) is 1.55. The van der Waals surface area contributed by atoms with Crippen LogP contribution < -0.4 is 15.4 Å². The van der Waals surface area contributed by atoms with E-state index in [0.29, 0.717) is 11.4 Å². The van der Waals surface area contributed by atoms with Crippen LogP contribution >= 0.6 is 0 Å². The van der Waals surface area contributed by atoms with Crippen molar-refractivity contribution in [3.05, 3.63) is 41.8 Å². The van der Waals surface area contributed by atoms with E-state index >= 15 is 0 Å². The lowest BCUT2D eigenvalue weighted by molar-refractivity contribution is -0.120. The minimum Gasteiger partial charge on any atom is -0.495 e. The van der Waals surface area contributed by atoms with Gasteiger partial charge in [-0.1, -0.05) is 17.3 Å². The van der Waals surface area contributed by atoms with Crippen molar-refractivity contribution in [3.8, 4) is 5.75 Å². The molecule has 2 aromatic rings. The fraction of sp³-hybridized carbons (Fsp3) is 0.450. The maximum Gasteiger partial charge on any atom is 0.241 e. The molecular formula is C20H26N4O4. The number of aryl methyl sites for hydroxylation is 1. The molecule has 0 radical (unpaired) electrons. The summed E-state index contributed by atoms with van der Waals surface area (Å²) in [5, 5.41) is 3.96. The Balaban J connectivity index is 1.79. The van der Waals surface area contributed by atoms with Crippen LogP contribution in [-0.4, -0.2) is 48.6 Å². The van der Waals surface area contributed by atoms with Gasteiger partial charge in [-0.3, -0.25) is 14.5 Å². The Bertz CT molecular complexity index is 835. The second kappa shape index (κ2) is 8.88. The van der Waals surface area contributed by atoms with Crippen LogP contribution in [-0.2, 0) is 9.59 Å². The summed E-state index contributed by atoms with van der Waals surface area (Å²) in [4.78, 5) is 28.2. The molecule has 8 nitrogen and oxygen atoms in total. The molecule has 8 heteroatoms. The van der Waals surface area contributed by atoms with Crippen molar-refractivity contribution in [2.75, 3.05) is 31.6 Å². The van der Waals surface area contributed by atoms with Gasteiger partial charge in [-0.25, -0.2) is 0 Å². The molecule has 0 spiro atoms. The molecule has 2 amide bonds. The average Bonchev–Trinajstić information content (AvgIpc) is 3.30. The Morgan fingerprint density at radius 3 is 2.86 bits per heavy atom. The quantitative estimate of drug-likeness (QED) is 0.745. The van der Waals surface area contributed by atoms with E-state index in [-0.39, 0.29) is 31.5 Å². The van der Waals surface area contributed by atoms with Gasteiger partial charge >= 0.3 is 0 Å². The molecule has 1 fully saturated rings. The number of para-hydroxylation sites is 2. The van der Waals surface area contributed by atoms with Gasteiger partial charge in [-0.05, 0) is 38.4 Å². The summed E-state index contributed by atoms with van der Waals surface area (Å²) >= 11 is 0. The number of nitrogens with zero attached hydrogens (tertiary/aromatic N) is 3. The van der Waals surface area contributed by atoms with Gasteiger partial charge in [0.25, 0.3) is 0 Å². The normalized spacial score (nSPS) is 16.9. The van der Waals surface area contributed by atoms with Crippen molar-refractivity contribution in [1.82, 2.24) is 10.1 Å². The predicted octanol–water partition coefficient (Wildman–Crippen LogP) is 2.04. The lowest BCUT2D eigenvalue weighted by atomic mass is 10.1. The highest BCUT2D eigenvalue weighted by Gasteiger charge is 2.32. The number of primary amides is 1. The summed E-state index contributed by atoms with van der Waals surface area (Å²) < 4.78 is 10.8. The number of amides is 2. The molecule has 150 valence electrons. The number of hydrogen-bond acceptors (Lipinski definition) is 6. The number of hydrogen-bond donors (Lipinski definition) is 1. The molecule has 1 aliphatic heterocycles. The Hall–Kier alpha value is -2.87. The first-order valence-corrected chi connectivity index (χ1v) is 9.38. The van der Waals surface area contributed by atoms with Crippen LogP contribution in [0.2, 0.25) is 0 Å². The zero-order chi connectivity index (χ0) is 20.1. The predicted molar refractivity (Wildman–Crippen MR) is 104 cm³/mol. The minimum atomic E-state index is -0.455. The highest BCUT2D eigenvalue weighted by atomic mass is 16.5. The Labute approximate surface area is 164 Å². The van der Waals surface area contributed by atoms with E-state index in [9.17, 15) is 9.59 Å². The molecule has 2 N–H and O–H groups in total. The largest absolute Gasteiger partial charge is 0.495 e. The lowest BCUT2D eigenvalue weighted by Gasteiger charge is -2.28. The minimum absolute atomic E-state index is 0.0285. The first-order chi connectivity index (χ1) is 13.5. The molecule has 1 aromatic heterocycles. The third-order valence-corrected chi connectivity index (χ3v) is 4.94. The van der Waals surface area contributed by atoms with E-state index in [1.165, 1.54) is 0 Å². The van der Waals surface area contributed by atoms with E-state index < -0.39 is 5.91 Å². The van der Waals surface area contributed by atoms with Crippen LogP contribution in [0.1, 0.15) is 36.8 Å². The zero-order valence-electron chi connectivity index (χ0n) is 16.3. The van der Waals surface area contributed by atoms with Gasteiger partial charge < -0.3 is 19.9 Å². The molecule has 2 heterocycles. The van der Waals surface area contributed by atoms with E-state index in [1.54, 1.807) is 24.1 Å². The van der Waals surface area contributed by atoms with Crippen molar-refractivity contribution >= 4 is 17.5 Å². The second-order valence-corrected chi connectivity index (χ2v) is 6.93. The topological polar surface area (TPSA) is 102 Å². The first-order valence-electron chi connectivity index (χ1n) is 9.38. The summed E-state index contributed by atoms with van der Waals surface area (Å²) in [6, 6.07) is 9.20. The summed E-state index contributed by atoms with van der Waals surface area (Å²) in [5.41, 5.74) is 6.77. The monoisotopic (exact) mass is 386 g/mol. The molecule has 0 bridgehead atoms. The summed E-state index contributed by atoms with van der Waals surface area (Å²) in [6.07, 6.45) is 1.97. The van der Waals surface area contributed by atoms with E-state index in [2.05, 4.69) is 10.1 Å². The van der Waals surface area contributed by atoms with Gasteiger partial charge in [-0.15, -0.1) is 0 Å². The van der Waals surface area contributed by atoms with Gasteiger partial charge in [0.05, 0.1) is 31.1 Å². The number of nitrogens with two attached hydrogens (primary N) is 1. The fourth-order valence-electron chi connectivity index (χ4n) is 3.59. The van der Waals surface area contributed by atoms with Crippen molar-refractivity contribution < 1.29 is 18.8 Å². The molecule has 28 heavy (non-hydrogen) atoms. The zero-order valence-corrected chi connectivity index (χ0v) is 16.3. The molecule has 1 saturated heterocycles. The number of anilines is 1. The molecule has 0 unspecified atom stereocenters. The van der Waals surface area contributed by atoms with Crippen LogP contribution in [0, 0.1) is 6.92 Å². The van der Waals surface area contributed by atoms with Crippen molar-refractivity contribution in [2.24, 2.45) is 5.73 Å². The Morgan fingerprint density at radius 1 is 1.39 bits per heavy atom. The molecule has 3 rings (SSSR count). The molecular weight excluding hydrogens is 360 g/mol. The molecule has 1 aliphatic rings. The van der Waals surface area contributed by atoms with Gasteiger partial charge in [-0.2, -0.15) is 0 Å². The average molecular weight is 386 g/mol. The number of benzene rings is 1. The maximum atomic E-state index is 13.2. The molecule has 0 aliphatic carbocycles. The number of aromatic nitrogens is 1. The van der Waals surface area contributed by atoms with E-state index in [1.807, 2.05) is 25.1 Å². The van der Waals surface area contributed by atoms with Crippen LogP contribution in [0.25, 0.3) is 0 Å². The number of carbonyl (C=O) groups excluding carboxylic acids is 2. The third-order valence-electron chi connectivity index (χ3n) is 4.94. The maximum absolute atomic E-state index is 13.2. The number of rotatable bonds is 8. The van der Waals surface area contributed by atoms with E-state index in [0.717, 1.165) is 30.8 Å². The third kappa shape index (κ3) is 4.51. The Morgan fingerprint density at radius 2 is 2.18 bits per heavy atom. The standard InChI is InChI=1S/C20H26N4O4/c1-14-12-18(28-22-14)15-7-5-10-23(15)13-20(26)24(11-9-19(21)25)16-6-3-4-8-17(16)27-2/h3-4,6,8,12,15H,5,7,9-11,13H2,1-2H3,(H2,21,25)/t15-/m1/s1. The van der Waals surface area contributed by atoms with Crippen molar-refractivity contribution in [1.29, 1.82) is 0 Å². The van der Waals surface area contributed by atoms with Gasteiger partial charge in [0, 0.05) is 19.0 Å². The van der Waals surface area contributed by atoms with Crippen molar-refractivity contribution in [3.63, 3.8) is 0 Å². The van der Waals surface area contributed by atoms with Crippen LogP contribution in [0.3, 0.4) is 0 Å². The lowest BCUT2D eigenvalue weighted by Crippen LogP contribution is -2.41. The number of methoxy groups -OCH3 is 1. The fourth-order valence-corrected chi connectivity index (χ4v) is 3.59. The number of likely N-dealkylation sites (tertiary alicyclic amines) is 1. The van der Waals surface area contributed by atoms with Crippen molar-refractivity contribution in [2.45, 2.75) is 32.2 Å². The smallest absolute Gasteiger partial charge is 0.241 e. The highest BCUT2D eigenvalue weighted by Crippen LogP contribution is 2.33. The molecule has 1 aromatic carbocycles. The van der Waals surface area contributed by atoms with Gasteiger partial charge in [0.2, 0.25) is 11.8 Å². The van der Waals surface area contributed by atoms with E-state index in [4.69, 9.17) is 15.0 Å². The van der Waals surface area contributed by atoms with Gasteiger partial charge in [0.15, 0.2) is 5.76 Å². The first kappa shape index (κ1) is 19.9. The SMILES string of the molecule is COc1ccccc1N(CCC(N)=O)C(=O)CN1CCC[C@@H]1c1cc(C)no1. The second-order valence-electron chi connectivity index (χ2n) is 6.93. The summed E-state index contributed by atoms with van der Waals surface area (Å²) in [5.74, 6) is 0.783. The molecule has 1 atom stereocenters. The molecule has 0 saturated carbocycles. The van der Waals surface area contributed by atoms with Crippen LogP contribution in [0.15, 0.2) is 34.9 Å². The van der Waals surface area contributed by atoms with Crippen LogP contribution in [0.4, 0.5) is 5.69 Å². The number of carbonyl (C=O) groups is 2. The number of ether oxygens (including phenoxy) is 1. The van der Waals surface area contributed by atoms with Gasteiger partial charge in [0.1, 0.15) is 5.75 Å².